The zero-order valence-electron chi connectivity index (χ0n) is 18.1. The van der Waals surface area contributed by atoms with Gasteiger partial charge in [0.15, 0.2) is 5.78 Å². The van der Waals surface area contributed by atoms with Crippen LogP contribution in [0.5, 0.6) is 0 Å². The second-order valence-corrected chi connectivity index (χ2v) is 8.75. The molecule has 11 heteroatoms. The molecule has 1 amide bonds. The van der Waals surface area contributed by atoms with Crippen molar-refractivity contribution in [2.45, 2.75) is 12.1 Å². The van der Waals surface area contributed by atoms with Crippen LogP contribution in [0.25, 0.3) is 5.69 Å². The molecule has 0 aliphatic carbocycles. The fourth-order valence-corrected chi connectivity index (χ4v) is 3.98. The molecule has 0 saturated heterocycles. The molecule has 0 atom stereocenters. The topological polar surface area (TPSA) is 64.0 Å². The van der Waals surface area contributed by atoms with Gasteiger partial charge in [-0.25, -0.2) is 4.68 Å². The van der Waals surface area contributed by atoms with E-state index in [4.69, 9.17) is 34.8 Å². The molecule has 4 aromatic rings. The molecular formula is C25H15Cl3F3N3O2. The molecule has 1 N–H and O–H groups in total. The van der Waals surface area contributed by atoms with Gasteiger partial charge < -0.3 is 5.32 Å². The molecule has 36 heavy (non-hydrogen) atoms. The molecule has 4 rings (SSSR count). The molecular weight excluding hydrogens is 538 g/mol. The zero-order valence-corrected chi connectivity index (χ0v) is 20.4. The molecule has 0 fully saturated rings. The Hall–Kier alpha value is -3.33. The maximum absolute atomic E-state index is 13.3. The number of carbonyl (C=O) groups excluding carboxylic acids is 2. The third-order valence-corrected chi connectivity index (χ3v) is 6.06. The van der Waals surface area contributed by atoms with E-state index in [1.165, 1.54) is 36.7 Å². The molecule has 184 valence electrons. The number of rotatable bonds is 6. The van der Waals surface area contributed by atoms with Gasteiger partial charge in [0.2, 0.25) is 0 Å². The van der Waals surface area contributed by atoms with Crippen LogP contribution < -0.4 is 5.32 Å². The molecule has 0 spiro atoms. The lowest BCUT2D eigenvalue weighted by molar-refractivity contribution is -0.137. The Kier molecular flexibility index (Phi) is 7.40. The van der Waals surface area contributed by atoms with Crippen molar-refractivity contribution in [1.82, 2.24) is 9.78 Å². The lowest BCUT2D eigenvalue weighted by atomic mass is 10.0. The smallest absolute Gasteiger partial charge is 0.321 e. The highest BCUT2D eigenvalue weighted by Crippen LogP contribution is 2.36. The molecule has 0 unspecified atom stereocenters. The molecule has 0 bridgehead atoms. The minimum atomic E-state index is -4.66. The first-order valence-corrected chi connectivity index (χ1v) is 11.6. The Morgan fingerprint density at radius 1 is 0.972 bits per heavy atom. The third-order valence-electron chi connectivity index (χ3n) is 5.18. The number of amides is 1. The van der Waals surface area contributed by atoms with Crippen LogP contribution in [0.4, 0.5) is 18.9 Å². The van der Waals surface area contributed by atoms with Crippen molar-refractivity contribution in [1.29, 1.82) is 0 Å². The predicted octanol–water partition coefficient (Wildman–Crippen LogP) is 7.42. The van der Waals surface area contributed by atoms with Crippen LogP contribution in [0.15, 0.2) is 73.1 Å². The molecule has 1 heterocycles. The van der Waals surface area contributed by atoms with Gasteiger partial charge in [-0.15, -0.1) is 11.6 Å². The number of hydrogen-bond donors (Lipinski definition) is 1. The first-order valence-electron chi connectivity index (χ1n) is 10.3. The van der Waals surface area contributed by atoms with Gasteiger partial charge >= 0.3 is 6.18 Å². The summed E-state index contributed by atoms with van der Waals surface area (Å²) < 4.78 is 40.8. The van der Waals surface area contributed by atoms with E-state index in [2.05, 4.69) is 10.4 Å². The monoisotopic (exact) mass is 551 g/mol. The number of nitrogens with one attached hydrogen (secondary N) is 1. The minimum absolute atomic E-state index is 0.0598. The summed E-state index contributed by atoms with van der Waals surface area (Å²) in [6.07, 6.45) is -2.17. The summed E-state index contributed by atoms with van der Waals surface area (Å²) in [4.78, 5) is 26.1. The average Bonchev–Trinajstić information content (AvgIpc) is 3.34. The lowest BCUT2D eigenvalue weighted by Gasteiger charge is -2.11. The van der Waals surface area contributed by atoms with E-state index < -0.39 is 28.5 Å². The van der Waals surface area contributed by atoms with E-state index >= 15 is 0 Å². The second kappa shape index (κ2) is 10.3. The molecule has 0 radical (unpaired) electrons. The quantitative estimate of drug-likeness (QED) is 0.200. The van der Waals surface area contributed by atoms with E-state index in [1.807, 2.05) is 0 Å². The van der Waals surface area contributed by atoms with Crippen LogP contribution >= 0.6 is 34.8 Å². The number of carbonyl (C=O) groups is 2. The van der Waals surface area contributed by atoms with Crippen molar-refractivity contribution in [3.8, 4) is 5.69 Å². The van der Waals surface area contributed by atoms with Crippen molar-refractivity contribution in [3.63, 3.8) is 0 Å². The minimum Gasteiger partial charge on any atom is -0.321 e. The molecule has 0 aliphatic rings. The van der Waals surface area contributed by atoms with Crippen LogP contribution in [0, 0.1) is 0 Å². The molecule has 1 aromatic heterocycles. The normalized spacial score (nSPS) is 11.4. The lowest BCUT2D eigenvalue weighted by Crippen LogP contribution is -2.15. The van der Waals surface area contributed by atoms with Crippen LogP contribution in [-0.2, 0) is 12.1 Å². The summed E-state index contributed by atoms with van der Waals surface area (Å²) in [5.41, 5.74) is 0.478. The highest BCUT2D eigenvalue weighted by Gasteiger charge is 2.33. The first kappa shape index (κ1) is 25.8. The summed E-state index contributed by atoms with van der Waals surface area (Å²) in [7, 11) is 0. The predicted molar refractivity (Wildman–Crippen MR) is 132 cm³/mol. The number of hydrogen-bond acceptors (Lipinski definition) is 3. The molecule has 3 aromatic carbocycles. The van der Waals surface area contributed by atoms with Crippen molar-refractivity contribution < 1.29 is 22.8 Å². The Bertz CT molecular complexity index is 1470. The van der Waals surface area contributed by atoms with Gasteiger partial charge in [-0.05, 0) is 54.1 Å². The Morgan fingerprint density at radius 2 is 1.75 bits per heavy atom. The van der Waals surface area contributed by atoms with Gasteiger partial charge in [-0.2, -0.15) is 18.3 Å². The second-order valence-electron chi connectivity index (χ2n) is 7.64. The molecule has 0 saturated carbocycles. The summed E-state index contributed by atoms with van der Waals surface area (Å²) in [6.45, 7) is 0. The number of alkyl halides is 4. The highest BCUT2D eigenvalue weighted by molar-refractivity contribution is 6.32. The summed E-state index contributed by atoms with van der Waals surface area (Å²) in [5, 5.41) is 6.51. The van der Waals surface area contributed by atoms with Crippen molar-refractivity contribution in [2.24, 2.45) is 0 Å². The third kappa shape index (κ3) is 5.56. The van der Waals surface area contributed by atoms with Crippen molar-refractivity contribution in [3.05, 3.63) is 111 Å². The highest BCUT2D eigenvalue weighted by atomic mass is 35.5. The van der Waals surface area contributed by atoms with Gasteiger partial charge in [0, 0.05) is 28.2 Å². The van der Waals surface area contributed by atoms with E-state index in [0.29, 0.717) is 5.56 Å². The Balaban J connectivity index is 1.64. The van der Waals surface area contributed by atoms with Gasteiger partial charge in [-0.3, -0.25) is 9.59 Å². The van der Waals surface area contributed by atoms with Crippen molar-refractivity contribution in [2.75, 3.05) is 5.32 Å². The van der Waals surface area contributed by atoms with Crippen LogP contribution in [0.1, 0.15) is 37.4 Å². The van der Waals surface area contributed by atoms with Gasteiger partial charge in [0.1, 0.15) is 0 Å². The van der Waals surface area contributed by atoms with Crippen LogP contribution in [0.2, 0.25) is 10.0 Å². The van der Waals surface area contributed by atoms with Gasteiger partial charge in [0.25, 0.3) is 5.91 Å². The van der Waals surface area contributed by atoms with Gasteiger partial charge in [0.05, 0.1) is 33.7 Å². The van der Waals surface area contributed by atoms with E-state index in [9.17, 15) is 22.8 Å². The largest absolute Gasteiger partial charge is 0.417 e. The van der Waals surface area contributed by atoms with Crippen LogP contribution in [-0.4, -0.2) is 21.5 Å². The maximum Gasteiger partial charge on any atom is 0.417 e. The number of anilines is 1. The summed E-state index contributed by atoms with van der Waals surface area (Å²) in [6, 6.07) is 14.4. The van der Waals surface area contributed by atoms with Crippen LogP contribution in [0.3, 0.4) is 0 Å². The fourth-order valence-electron chi connectivity index (χ4n) is 3.41. The van der Waals surface area contributed by atoms with Crippen molar-refractivity contribution >= 4 is 52.2 Å². The Labute approximate surface area is 218 Å². The molecule has 5 nitrogen and oxygen atoms in total. The first-order chi connectivity index (χ1) is 17.1. The fraction of sp³-hybridized carbons (Fsp3) is 0.0800. The van der Waals surface area contributed by atoms with E-state index in [1.54, 1.807) is 24.3 Å². The Morgan fingerprint density at radius 3 is 2.47 bits per heavy atom. The number of nitrogens with zero attached hydrogens (tertiary/aromatic N) is 2. The van der Waals surface area contributed by atoms with E-state index in [0.717, 1.165) is 22.4 Å². The number of aromatic nitrogens is 2. The summed E-state index contributed by atoms with van der Waals surface area (Å²) in [5.74, 6) is -0.776. The average molecular weight is 553 g/mol. The number of benzene rings is 3. The number of ketones is 1. The standard InChI is InChI=1S/C25H15Cl3F3N3O2/c26-11-14-2-1-3-15(8-14)24(36)33-22-7-4-17(27)9-19(22)23(35)16-12-32-34(13-16)18-5-6-21(28)20(10-18)25(29,30)31/h1-10,12-13H,11H2,(H,33,36). The number of halogens is 6. The molecule has 0 aliphatic heterocycles. The zero-order chi connectivity index (χ0) is 26.0. The maximum atomic E-state index is 13.3. The SMILES string of the molecule is O=C(Nc1ccc(Cl)cc1C(=O)c1cnn(-c2ccc(Cl)c(C(F)(F)F)c2)c1)c1cccc(CCl)c1. The summed E-state index contributed by atoms with van der Waals surface area (Å²) >= 11 is 17.6. The van der Waals surface area contributed by atoms with E-state index in [-0.39, 0.29) is 33.4 Å². The van der Waals surface area contributed by atoms with Gasteiger partial charge in [-0.1, -0.05) is 35.3 Å².